The monoisotopic (exact) mass is 970 g/mol. The Morgan fingerprint density at radius 1 is 0.743 bits per heavy atom. The van der Waals surface area contributed by atoms with Crippen molar-refractivity contribution in [2.75, 3.05) is 6.54 Å². The second-order valence-corrected chi connectivity index (χ2v) is 23.7. The summed E-state index contributed by atoms with van der Waals surface area (Å²) in [7, 11) is 0. The van der Waals surface area contributed by atoms with Crippen molar-refractivity contribution in [3.05, 3.63) is 147 Å². The summed E-state index contributed by atoms with van der Waals surface area (Å²) in [6.07, 6.45) is 20.7. The third kappa shape index (κ3) is 47.0. The quantitative estimate of drug-likeness (QED) is 0.125. The van der Waals surface area contributed by atoms with Gasteiger partial charge in [-0.25, -0.2) is 0 Å². The zero-order valence-corrected chi connectivity index (χ0v) is 51.8. The number of benzene rings is 1. The van der Waals surface area contributed by atoms with Crippen molar-refractivity contribution >= 4 is 0 Å². The lowest BCUT2D eigenvalue weighted by Crippen LogP contribution is -2.28. The van der Waals surface area contributed by atoms with Crippen LogP contribution >= 0.6 is 0 Å². The molecule has 0 spiro atoms. The minimum Gasteiger partial charge on any atom is -0.371 e. The Balaban J connectivity index is -0.000000174. The van der Waals surface area contributed by atoms with Gasteiger partial charge in [-0.2, -0.15) is 0 Å². The lowest BCUT2D eigenvalue weighted by atomic mass is 9.68. The summed E-state index contributed by atoms with van der Waals surface area (Å²) in [6.45, 7) is 87.8. The summed E-state index contributed by atoms with van der Waals surface area (Å²) in [5.74, 6) is 3.60. The number of nitrogens with zero attached hydrogens (tertiary/aromatic N) is 1. The zero-order valence-electron chi connectivity index (χ0n) is 51.8. The average Bonchev–Trinajstić information content (AvgIpc) is 3.30. The van der Waals surface area contributed by atoms with Gasteiger partial charge in [-0.05, 0) is 143 Å². The highest BCUT2D eigenvalue weighted by Crippen LogP contribution is 2.43. The van der Waals surface area contributed by atoms with Crippen LogP contribution < -0.4 is 0 Å². The summed E-state index contributed by atoms with van der Waals surface area (Å²) in [6, 6.07) is 8.67. The summed E-state index contributed by atoms with van der Waals surface area (Å²) >= 11 is 0. The Labute approximate surface area is 444 Å². The number of unbranched alkanes of at least 4 members (excludes halogenated alkanes) is 2. The fourth-order valence-corrected chi connectivity index (χ4v) is 7.09. The first-order valence-electron chi connectivity index (χ1n) is 27.7. The molecule has 70 heavy (non-hydrogen) atoms. The van der Waals surface area contributed by atoms with Crippen LogP contribution in [0.25, 0.3) is 0 Å². The van der Waals surface area contributed by atoms with E-state index in [2.05, 4.69) is 226 Å². The molecular weight excluding hydrogens is 843 g/mol. The van der Waals surface area contributed by atoms with E-state index < -0.39 is 0 Å². The highest BCUT2D eigenvalue weighted by molar-refractivity contribution is 5.30. The van der Waals surface area contributed by atoms with E-state index in [-0.39, 0.29) is 0 Å². The number of rotatable bonds is 15. The Bertz CT molecular complexity index is 1500. The van der Waals surface area contributed by atoms with Gasteiger partial charge in [-0.15, -0.1) is 39.5 Å². The number of fused-ring (bicyclic) bond motifs is 1. The lowest BCUT2D eigenvalue weighted by Gasteiger charge is -2.38. The van der Waals surface area contributed by atoms with E-state index in [1.165, 1.54) is 111 Å². The molecule has 4 unspecified atom stereocenters. The molecule has 1 aliphatic carbocycles. The molecule has 1 aromatic carbocycles. The van der Waals surface area contributed by atoms with Crippen LogP contribution in [0.4, 0.5) is 0 Å². The van der Waals surface area contributed by atoms with Gasteiger partial charge in [-0.1, -0.05) is 234 Å². The molecule has 0 radical (unpaired) electrons. The SMILES string of the molecule is C=C.C=C.C=C(C)C.C=C(C)C(C)C(C)(C)C.C=C(C)C(C)CC(C)CC.C=C(C)N1CCc2ccccc2C1.C=CC(CCCC)C(=C)C(=C)C.CC1CCC(C)(CCC(C)(C)C)CC1.CCCC. The third-order valence-electron chi connectivity index (χ3n) is 13.6. The van der Waals surface area contributed by atoms with Crippen LogP contribution in [0.3, 0.4) is 0 Å². The first kappa shape index (κ1) is 78.1. The van der Waals surface area contributed by atoms with Gasteiger partial charge in [0.1, 0.15) is 0 Å². The highest BCUT2D eigenvalue weighted by atomic mass is 15.1. The van der Waals surface area contributed by atoms with Crippen molar-refractivity contribution in [3.63, 3.8) is 0 Å². The second kappa shape index (κ2) is 45.5. The minimum atomic E-state index is 0.381. The van der Waals surface area contributed by atoms with E-state index in [9.17, 15) is 0 Å². The van der Waals surface area contributed by atoms with E-state index in [1.807, 2.05) is 26.8 Å². The molecule has 0 bridgehead atoms. The van der Waals surface area contributed by atoms with Gasteiger partial charge in [0.05, 0.1) is 0 Å². The van der Waals surface area contributed by atoms with Crippen molar-refractivity contribution in [2.45, 2.75) is 242 Å². The summed E-state index contributed by atoms with van der Waals surface area (Å²) in [5, 5.41) is 0. The number of allylic oxidation sites excluding steroid dienone is 7. The van der Waals surface area contributed by atoms with E-state index in [0.29, 0.717) is 34.0 Å². The van der Waals surface area contributed by atoms with E-state index in [4.69, 9.17) is 0 Å². The van der Waals surface area contributed by atoms with Gasteiger partial charge in [0.2, 0.25) is 0 Å². The molecule has 3 rings (SSSR count). The summed E-state index contributed by atoms with van der Waals surface area (Å²) < 4.78 is 0. The van der Waals surface area contributed by atoms with Crippen LogP contribution in [0, 0.1) is 45.8 Å². The molecule has 1 nitrogen and oxygen atoms in total. The molecule has 1 heterocycles. The summed E-state index contributed by atoms with van der Waals surface area (Å²) in [4.78, 5) is 2.34. The Kier molecular flexibility index (Phi) is 50.8. The smallest absolute Gasteiger partial charge is 0.0429 e. The molecule has 1 heteroatoms. The fourth-order valence-electron chi connectivity index (χ4n) is 7.09. The minimum absolute atomic E-state index is 0.381. The first-order valence-corrected chi connectivity index (χ1v) is 27.7. The van der Waals surface area contributed by atoms with Crippen molar-refractivity contribution in [1.29, 1.82) is 0 Å². The molecule has 4 atom stereocenters. The van der Waals surface area contributed by atoms with Crippen LogP contribution in [0.1, 0.15) is 240 Å². The highest BCUT2D eigenvalue weighted by Gasteiger charge is 2.30. The van der Waals surface area contributed by atoms with Gasteiger partial charge < -0.3 is 4.90 Å². The van der Waals surface area contributed by atoms with Crippen molar-refractivity contribution in [1.82, 2.24) is 4.90 Å². The second-order valence-electron chi connectivity index (χ2n) is 23.7. The Morgan fingerprint density at radius 2 is 1.20 bits per heavy atom. The molecule has 0 saturated heterocycles. The maximum absolute atomic E-state index is 4.01. The first-order chi connectivity index (χ1) is 32.3. The molecule has 1 saturated carbocycles. The predicted octanol–water partition coefficient (Wildman–Crippen LogP) is 23.6. The van der Waals surface area contributed by atoms with E-state index in [0.717, 1.165) is 48.9 Å². The van der Waals surface area contributed by atoms with Gasteiger partial charge in [0, 0.05) is 24.7 Å². The number of hydrogen-bond acceptors (Lipinski definition) is 1. The molecule has 0 N–H and O–H groups in total. The number of hydrogen-bond donors (Lipinski definition) is 0. The lowest BCUT2D eigenvalue weighted by molar-refractivity contribution is 0.142. The van der Waals surface area contributed by atoms with Crippen LogP contribution in [0.2, 0.25) is 0 Å². The molecule has 1 aromatic rings. The molecular formula is C69H127N. The van der Waals surface area contributed by atoms with Gasteiger partial charge in [-0.3, -0.25) is 0 Å². The fraction of sp³-hybridized carbons (Fsp3) is 0.652. The topological polar surface area (TPSA) is 3.24 Å². The van der Waals surface area contributed by atoms with Gasteiger partial charge in [0.15, 0.2) is 0 Å². The van der Waals surface area contributed by atoms with Gasteiger partial charge in [0.25, 0.3) is 0 Å². The normalized spacial score (nSPS) is 17.0. The predicted molar refractivity (Wildman–Crippen MR) is 332 cm³/mol. The average molecular weight is 971 g/mol. The molecule has 1 fully saturated rings. The standard InChI is InChI=1S/C14H28.C12H15N.C12H20.C10H20.C9H18.C4H8.C4H10.2C2H4/c1-12-6-8-14(5,9-7-12)11-10-13(2,3)4;1-10(2)13-8-7-11-5-3-4-6-12(11)9-13;1-6-8-9-12(7-2)11(5)10(3)4;1-6-9(4)7-10(5)8(2)3;1-7(2)8(3)9(4,5)6;1-4(2)3;1-3-4-2;2*1-2/h12H,6-11H2,1-5H3;3-6H,1,7-9H2,2H3;7,12H,2-3,5-6,8-9H2,1,4H3;9-10H,2,6-7H2,1,3-5H3;8H,1H2,2-6H3;1H2,2-3H3;3-4H2,1-2H3;2*1-2H2. The summed E-state index contributed by atoms with van der Waals surface area (Å²) in [5.41, 5.74) is 11.7. The van der Waals surface area contributed by atoms with Crippen molar-refractivity contribution in [3.8, 4) is 0 Å². The Hall–Kier alpha value is -3.32. The van der Waals surface area contributed by atoms with Crippen LogP contribution in [0.15, 0.2) is 136 Å². The molecule has 1 aliphatic heterocycles. The van der Waals surface area contributed by atoms with Crippen LogP contribution in [-0.2, 0) is 13.0 Å². The van der Waals surface area contributed by atoms with Crippen molar-refractivity contribution < 1.29 is 0 Å². The largest absolute Gasteiger partial charge is 0.371 e. The van der Waals surface area contributed by atoms with Crippen LogP contribution in [-0.4, -0.2) is 11.4 Å². The third-order valence-corrected chi connectivity index (χ3v) is 13.6. The van der Waals surface area contributed by atoms with Crippen molar-refractivity contribution in [2.24, 2.45) is 45.8 Å². The van der Waals surface area contributed by atoms with Gasteiger partial charge >= 0.3 is 0 Å². The molecule has 408 valence electrons. The van der Waals surface area contributed by atoms with E-state index >= 15 is 0 Å². The Morgan fingerprint density at radius 3 is 1.51 bits per heavy atom. The maximum atomic E-state index is 4.01. The van der Waals surface area contributed by atoms with E-state index in [1.54, 1.807) is 0 Å². The van der Waals surface area contributed by atoms with Crippen LogP contribution in [0.5, 0.6) is 0 Å². The molecule has 2 aliphatic rings. The maximum Gasteiger partial charge on any atom is 0.0429 e. The molecule has 0 aromatic heterocycles. The zero-order chi connectivity index (χ0) is 56.4. The molecule has 0 amide bonds.